The Morgan fingerprint density at radius 1 is 1.57 bits per heavy atom. The molecule has 1 heterocycles. The molecule has 0 aromatic carbocycles. The summed E-state index contributed by atoms with van der Waals surface area (Å²) in [6, 6.07) is 0. The first kappa shape index (κ1) is 10.8. The second kappa shape index (κ2) is 4.31. The Kier molecular flexibility index (Phi) is 3.33. The molecule has 0 saturated heterocycles. The van der Waals surface area contributed by atoms with Gasteiger partial charge in [0.25, 0.3) is 0 Å². The Hall–Kier alpha value is -1.25. The molecule has 14 heavy (non-hydrogen) atoms. The van der Waals surface area contributed by atoms with Gasteiger partial charge in [-0.25, -0.2) is 4.79 Å². The highest BCUT2D eigenvalue weighted by molar-refractivity contribution is 5.92. The molecule has 3 nitrogen and oxygen atoms in total. The minimum atomic E-state index is -0.227. The quantitative estimate of drug-likeness (QED) is 0.753. The molecule has 1 rings (SSSR count). The first-order valence-corrected chi connectivity index (χ1v) is 4.92. The highest BCUT2D eigenvalue weighted by Gasteiger charge is 2.18. The van der Waals surface area contributed by atoms with Gasteiger partial charge in [-0.3, -0.25) is 0 Å². The number of aryl methyl sites for hydroxylation is 1. The van der Waals surface area contributed by atoms with E-state index in [-0.39, 0.29) is 5.97 Å². The van der Waals surface area contributed by atoms with Crippen molar-refractivity contribution in [3.8, 4) is 0 Å². The summed E-state index contributed by atoms with van der Waals surface area (Å²) in [5.74, 6) is 0.106. The lowest BCUT2D eigenvalue weighted by Crippen LogP contribution is -2.08. The van der Waals surface area contributed by atoms with Gasteiger partial charge in [-0.2, -0.15) is 0 Å². The van der Waals surface area contributed by atoms with Gasteiger partial charge >= 0.3 is 5.97 Å². The largest absolute Gasteiger partial charge is 0.462 e. The van der Waals surface area contributed by atoms with E-state index >= 15 is 0 Å². The number of H-pyrrole nitrogens is 1. The fourth-order valence-corrected chi connectivity index (χ4v) is 1.48. The molecule has 0 unspecified atom stereocenters. The van der Waals surface area contributed by atoms with Crippen LogP contribution >= 0.6 is 0 Å². The van der Waals surface area contributed by atoms with Crippen LogP contribution in [0.4, 0.5) is 0 Å². The van der Waals surface area contributed by atoms with E-state index in [0.29, 0.717) is 18.1 Å². The van der Waals surface area contributed by atoms with Crippen LogP contribution in [-0.2, 0) is 4.74 Å². The topological polar surface area (TPSA) is 42.1 Å². The molecular formula is C11H17NO2. The maximum absolute atomic E-state index is 11.6. The molecule has 0 aliphatic carbocycles. The predicted molar refractivity (Wildman–Crippen MR) is 55.6 cm³/mol. The van der Waals surface area contributed by atoms with E-state index in [0.717, 1.165) is 11.3 Å². The van der Waals surface area contributed by atoms with Gasteiger partial charge in [0.15, 0.2) is 0 Å². The zero-order valence-corrected chi connectivity index (χ0v) is 9.18. The summed E-state index contributed by atoms with van der Waals surface area (Å²) < 4.78 is 5.00. The van der Waals surface area contributed by atoms with Crippen LogP contribution in [0.1, 0.15) is 48.3 Å². The van der Waals surface area contributed by atoms with Gasteiger partial charge in [0.1, 0.15) is 0 Å². The number of esters is 1. The van der Waals surface area contributed by atoms with E-state index in [1.54, 1.807) is 0 Å². The smallest absolute Gasteiger partial charge is 0.340 e. The molecule has 0 bridgehead atoms. The van der Waals surface area contributed by atoms with Gasteiger partial charge in [-0.1, -0.05) is 13.8 Å². The number of nitrogens with one attached hydrogen (secondary N) is 1. The van der Waals surface area contributed by atoms with Crippen LogP contribution in [0.5, 0.6) is 0 Å². The Labute approximate surface area is 84.5 Å². The fourth-order valence-electron chi connectivity index (χ4n) is 1.48. The fraction of sp³-hybridized carbons (Fsp3) is 0.545. The van der Waals surface area contributed by atoms with Crippen LogP contribution in [-0.4, -0.2) is 17.6 Å². The van der Waals surface area contributed by atoms with Crippen LogP contribution in [0.3, 0.4) is 0 Å². The second-order valence-electron chi connectivity index (χ2n) is 3.62. The lowest BCUT2D eigenvalue weighted by molar-refractivity contribution is 0.0524. The van der Waals surface area contributed by atoms with Crippen LogP contribution in [0, 0.1) is 6.92 Å². The summed E-state index contributed by atoms with van der Waals surface area (Å²) >= 11 is 0. The van der Waals surface area contributed by atoms with Gasteiger partial charge in [0.05, 0.1) is 12.2 Å². The average molecular weight is 195 g/mol. The van der Waals surface area contributed by atoms with E-state index < -0.39 is 0 Å². The summed E-state index contributed by atoms with van der Waals surface area (Å²) in [6.45, 7) is 8.24. The van der Waals surface area contributed by atoms with Crippen LogP contribution < -0.4 is 0 Å². The van der Waals surface area contributed by atoms with Crippen molar-refractivity contribution in [2.24, 2.45) is 0 Å². The van der Waals surface area contributed by atoms with Crippen molar-refractivity contribution in [3.05, 3.63) is 23.0 Å². The molecule has 3 heteroatoms. The van der Waals surface area contributed by atoms with Crippen molar-refractivity contribution < 1.29 is 9.53 Å². The Bertz CT molecular complexity index is 326. The first-order chi connectivity index (χ1) is 6.57. The number of hydrogen-bond acceptors (Lipinski definition) is 2. The first-order valence-electron chi connectivity index (χ1n) is 4.92. The average Bonchev–Trinajstić information content (AvgIpc) is 2.47. The van der Waals surface area contributed by atoms with Crippen molar-refractivity contribution in [2.75, 3.05) is 6.61 Å². The van der Waals surface area contributed by atoms with Gasteiger partial charge in [0, 0.05) is 11.9 Å². The van der Waals surface area contributed by atoms with Crippen LogP contribution in [0.25, 0.3) is 0 Å². The zero-order chi connectivity index (χ0) is 10.7. The molecule has 0 saturated carbocycles. The third-order valence-corrected chi connectivity index (χ3v) is 2.21. The Balaban J connectivity index is 3.04. The molecule has 0 fully saturated rings. The van der Waals surface area contributed by atoms with Gasteiger partial charge < -0.3 is 9.72 Å². The zero-order valence-electron chi connectivity index (χ0n) is 9.18. The number of aromatic amines is 1. The van der Waals surface area contributed by atoms with E-state index in [1.807, 2.05) is 20.0 Å². The molecule has 0 amide bonds. The highest BCUT2D eigenvalue weighted by atomic mass is 16.5. The number of carbonyl (C=O) groups excluding carboxylic acids is 1. The lowest BCUT2D eigenvalue weighted by Gasteiger charge is -2.07. The summed E-state index contributed by atoms with van der Waals surface area (Å²) in [7, 11) is 0. The summed E-state index contributed by atoms with van der Waals surface area (Å²) in [5.41, 5.74) is 2.61. The summed E-state index contributed by atoms with van der Waals surface area (Å²) in [6.07, 6.45) is 1.88. The minimum absolute atomic E-state index is 0.227. The molecule has 0 aliphatic heterocycles. The molecule has 1 aromatic heterocycles. The maximum atomic E-state index is 11.6. The standard InChI is InChI=1S/C11H17NO2/c1-5-14-11(13)10-8(4)12-6-9(10)7(2)3/h6-7,12H,5H2,1-4H3. The highest BCUT2D eigenvalue weighted by Crippen LogP contribution is 2.22. The van der Waals surface area contributed by atoms with E-state index in [4.69, 9.17) is 4.74 Å². The van der Waals surface area contributed by atoms with Crippen molar-refractivity contribution in [1.82, 2.24) is 4.98 Å². The molecule has 0 atom stereocenters. The SMILES string of the molecule is CCOC(=O)c1c(C(C)C)c[nH]c1C. The van der Waals surface area contributed by atoms with Crippen molar-refractivity contribution in [1.29, 1.82) is 0 Å². The van der Waals surface area contributed by atoms with Crippen molar-refractivity contribution in [3.63, 3.8) is 0 Å². The predicted octanol–water partition coefficient (Wildman–Crippen LogP) is 2.62. The normalized spacial score (nSPS) is 10.6. The number of rotatable bonds is 3. The lowest BCUT2D eigenvalue weighted by atomic mass is 10.0. The molecule has 1 aromatic rings. The molecule has 1 N–H and O–H groups in total. The number of carbonyl (C=O) groups is 1. The van der Waals surface area contributed by atoms with Gasteiger partial charge in [-0.15, -0.1) is 0 Å². The van der Waals surface area contributed by atoms with Crippen LogP contribution in [0.15, 0.2) is 6.20 Å². The van der Waals surface area contributed by atoms with E-state index in [1.165, 1.54) is 0 Å². The minimum Gasteiger partial charge on any atom is -0.462 e. The molecular weight excluding hydrogens is 178 g/mol. The third-order valence-electron chi connectivity index (χ3n) is 2.21. The molecule has 0 radical (unpaired) electrons. The van der Waals surface area contributed by atoms with E-state index in [2.05, 4.69) is 18.8 Å². The monoisotopic (exact) mass is 195 g/mol. The van der Waals surface area contributed by atoms with Crippen LogP contribution in [0.2, 0.25) is 0 Å². The van der Waals surface area contributed by atoms with Gasteiger partial charge in [0.2, 0.25) is 0 Å². The second-order valence-corrected chi connectivity index (χ2v) is 3.62. The summed E-state index contributed by atoms with van der Waals surface area (Å²) in [5, 5.41) is 0. The number of hydrogen-bond donors (Lipinski definition) is 1. The van der Waals surface area contributed by atoms with Crippen molar-refractivity contribution in [2.45, 2.75) is 33.6 Å². The Morgan fingerprint density at radius 2 is 2.21 bits per heavy atom. The molecule has 0 aliphatic rings. The number of ether oxygens (including phenoxy) is 1. The Morgan fingerprint density at radius 3 is 2.71 bits per heavy atom. The number of aromatic nitrogens is 1. The van der Waals surface area contributed by atoms with E-state index in [9.17, 15) is 4.79 Å². The van der Waals surface area contributed by atoms with Gasteiger partial charge in [-0.05, 0) is 25.3 Å². The van der Waals surface area contributed by atoms with Crippen molar-refractivity contribution >= 4 is 5.97 Å². The maximum Gasteiger partial charge on any atom is 0.340 e. The summed E-state index contributed by atoms with van der Waals surface area (Å²) in [4.78, 5) is 14.7. The molecule has 0 spiro atoms. The third kappa shape index (κ3) is 1.97. The molecule has 78 valence electrons.